The summed E-state index contributed by atoms with van der Waals surface area (Å²) in [5.41, 5.74) is 1.95. The summed E-state index contributed by atoms with van der Waals surface area (Å²) in [7, 11) is 0. The van der Waals surface area contributed by atoms with Crippen LogP contribution in [0.15, 0.2) is 54.6 Å². The summed E-state index contributed by atoms with van der Waals surface area (Å²) >= 11 is 0. The van der Waals surface area contributed by atoms with Crippen molar-refractivity contribution in [2.45, 2.75) is 32.1 Å². The molecule has 0 radical (unpaired) electrons. The maximum Gasteiger partial charge on any atom is 0.417 e. The first-order valence-corrected chi connectivity index (χ1v) is 8.91. The predicted molar refractivity (Wildman–Crippen MR) is 101 cm³/mol. The normalized spacial score (nSPS) is 17.8. The number of hydrogen-bond acceptors (Lipinski definition) is 3. The topological polar surface area (TPSA) is 50.4 Å². The van der Waals surface area contributed by atoms with Crippen LogP contribution in [-0.4, -0.2) is 19.2 Å². The predicted octanol–water partition coefficient (Wildman–Crippen LogP) is 4.57. The summed E-state index contributed by atoms with van der Waals surface area (Å²) < 4.78 is 5.48. The highest BCUT2D eigenvalue weighted by Crippen LogP contribution is 2.36. The highest BCUT2D eigenvalue weighted by molar-refractivity contribution is 5.86. The van der Waals surface area contributed by atoms with Crippen LogP contribution in [0, 0.1) is 5.92 Å². The molecule has 1 saturated heterocycles. The van der Waals surface area contributed by atoms with Gasteiger partial charge in [-0.1, -0.05) is 44.2 Å². The molecule has 1 atom stereocenters. The Kier molecular flexibility index (Phi) is 5.39. The average Bonchev–Trinajstić information content (AvgIpc) is 2.63. The van der Waals surface area contributed by atoms with Crippen molar-refractivity contribution >= 4 is 11.8 Å². The Balaban J connectivity index is 1.69. The molecule has 2 N–H and O–H groups in total. The first-order chi connectivity index (χ1) is 12.1. The van der Waals surface area contributed by atoms with E-state index in [2.05, 4.69) is 30.5 Å². The lowest BCUT2D eigenvalue weighted by Gasteiger charge is -2.38. The number of piperidine rings is 1. The van der Waals surface area contributed by atoms with Gasteiger partial charge < -0.3 is 10.1 Å². The Bertz CT molecular complexity index is 707. The lowest BCUT2D eigenvalue weighted by atomic mass is 9.70. The Morgan fingerprint density at radius 3 is 2.68 bits per heavy atom. The number of amides is 1. The van der Waals surface area contributed by atoms with Crippen molar-refractivity contribution in [1.82, 2.24) is 5.32 Å². The van der Waals surface area contributed by atoms with Gasteiger partial charge in [0.2, 0.25) is 0 Å². The first kappa shape index (κ1) is 17.5. The molecular formula is C21H26N2O2. The average molecular weight is 338 g/mol. The fourth-order valence-electron chi connectivity index (χ4n) is 3.44. The maximum absolute atomic E-state index is 12.1. The standard InChI is InChI=1S/C21H26N2O2/c1-21(2,17-9-7-13-22-15-17)16-8-6-12-19(14-16)25-20(24)23-18-10-4-3-5-11-18/h3-6,8,10-12,14,17,22H,7,9,13,15H2,1-2H3,(H,23,24). The molecule has 2 aromatic carbocycles. The van der Waals surface area contributed by atoms with Crippen LogP contribution < -0.4 is 15.4 Å². The van der Waals surface area contributed by atoms with Crippen LogP contribution in [0.1, 0.15) is 32.3 Å². The number of ether oxygens (including phenoxy) is 1. The lowest BCUT2D eigenvalue weighted by Crippen LogP contribution is -2.40. The van der Waals surface area contributed by atoms with Gasteiger partial charge in [0.05, 0.1) is 0 Å². The van der Waals surface area contributed by atoms with Crippen molar-refractivity contribution in [3.8, 4) is 5.75 Å². The van der Waals surface area contributed by atoms with Crippen molar-refractivity contribution in [3.05, 3.63) is 60.2 Å². The van der Waals surface area contributed by atoms with Gasteiger partial charge in [0, 0.05) is 5.69 Å². The molecule has 2 aromatic rings. The van der Waals surface area contributed by atoms with E-state index in [4.69, 9.17) is 4.74 Å². The SMILES string of the molecule is CC(C)(c1cccc(OC(=O)Nc2ccccc2)c1)C1CCCNC1. The molecule has 0 spiro atoms. The van der Waals surface area contributed by atoms with Gasteiger partial charge in [0.15, 0.2) is 0 Å². The van der Waals surface area contributed by atoms with Gasteiger partial charge in [0.1, 0.15) is 5.75 Å². The van der Waals surface area contributed by atoms with Crippen LogP contribution >= 0.6 is 0 Å². The molecule has 0 saturated carbocycles. The van der Waals surface area contributed by atoms with E-state index in [0.717, 1.165) is 18.8 Å². The molecular weight excluding hydrogens is 312 g/mol. The Hall–Kier alpha value is -2.33. The zero-order valence-corrected chi connectivity index (χ0v) is 14.9. The third-order valence-corrected chi connectivity index (χ3v) is 5.13. The Labute approximate surface area is 149 Å². The highest BCUT2D eigenvalue weighted by Gasteiger charge is 2.32. The number of benzene rings is 2. The Morgan fingerprint density at radius 1 is 1.16 bits per heavy atom. The van der Waals surface area contributed by atoms with E-state index in [1.54, 1.807) is 0 Å². The summed E-state index contributed by atoms with van der Waals surface area (Å²) in [6, 6.07) is 17.2. The zero-order chi connectivity index (χ0) is 17.7. The number of para-hydroxylation sites is 1. The molecule has 1 unspecified atom stereocenters. The van der Waals surface area contributed by atoms with E-state index in [-0.39, 0.29) is 5.41 Å². The van der Waals surface area contributed by atoms with Gasteiger partial charge in [-0.25, -0.2) is 4.79 Å². The van der Waals surface area contributed by atoms with Crippen LogP contribution in [0.5, 0.6) is 5.75 Å². The molecule has 25 heavy (non-hydrogen) atoms. The summed E-state index contributed by atoms with van der Waals surface area (Å²) in [6.45, 7) is 6.68. The fourth-order valence-corrected chi connectivity index (χ4v) is 3.44. The quantitative estimate of drug-likeness (QED) is 0.858. The van der Waals surface area contributed by atoms with E-state index in [9.17, 15) is 4.79 Å². The van der Waals surface area contributed by atoms with Gasteiger partial charge >= 0.3 is 6.09 Å². The summed E-state index contributed by atoms with van der Waals surface area (Å²) in [6.07, 6.45) is 1.96. The summed E-state index contributed by atoms with van der Waals surface area (Å²) in [5.74, 6) is 1.15. The molecule has 4 nitrogen and oxygen atoms in total. The minimum absolute atomic E-state index is 0.0305. The van der Waals surface area contributed by atoms with E-state index in [0.29, 0.717) is 11.7 Å². The lowest BCUT2D eigenvalue weighted by molar-refractivity contribution is 0.214. The number of carbonyl (C=O) groups excluding carboxylic acids is 1. The van der Waals surface area contributed by atoms with Gasteiger partial charge in [-0.05, 0) is 67.1 Å². The fraction of sp³-hybridized carbons (Fsp3) is 0.381. The van der Waals surface area contributed by atoms with Crippen LogP contribution in [-0.2, 0) is 5.41 Å². The number of rotatable bonds is 4. The van der Waals surface area contributed by atoms with Gasteiger partial charge in [0.25, 0.3) is 0 Å². The molecule has 0 aliphatic carbocycles. The molecule has 1 heterocycles. The smallest absolute Gasteiger partial charge is 0.410 e. The largest absolute Gasteiger partial charge is 0.417 e. The number of carbonyl (C=O) groups is 1. The molecule has 1 aliphatic heterocycles. The van der Waals surface area contributed by atoms with Crippen LogP contribution in [0.4, 0.5) is 10.5 Å². The minimum Gasteiger partial charge on any atom is -0.410 e. The molecule has 0 aromatic heterocycles. The second-order valence-electron chi connectivity index (χ2n) is 7.17. The number of hydrogen-bond donors (Lipinski definition) is 2. The van der Waals surface area contributed by atoms with Gasteiger partial charge in [-0.3, -0.25) is 5.32 Å². The van der Waals surface area contributed by atoms with Crippen LogP contribution in [0.25, 0.3) is 0 Å². The highest BCUT2D eigenvalue weighted by atomic mass is 16.6. The number of nitrogens with one attached hydrogen (secondary N) is 2. The van der Waals surface area contributed by atoms with Crippen molar-refractivity contribution in [1.29, 1.82) is 0 Å². The van der Waals surface area contributed by atoms with Crippen molar-refractivity contribution in [2.75, 3.05) is 18.4 Å². The Morgan fingerprint density at radius 2 is 1.96 bits per heavy atom. The number of anilines is 1. The monoisotopic (exact) mass is 338 g/mol. The van der Waals surface area contributed by atoms with Crippen molar-refractivity contribution in [2.24, 2.45) is 5.92 Å². The molecule has 0 bridgehead atoms. The van der Waals surface area contributed by atoms with Crippen molar-refractivity contribution < 1.29 is 9.53 Å². The third kappa shape index (κ3) is 4.40. The third-order valence-electron chi connectivity index (χ3n) is 5.13. The van der Waals surface area contributed by atoms with Gasteiger partial charge in [-0.15, -0.1) is 0 Å². The van der Waals surface area contributed by atoms with Crippen LogP contribution in [0.3, 0.4) is 0 Å². The summed E-state index contributed by atoms with van der Waals surface area (Å²) in [5, 5.41) is 6.23. The molecule has 4 heteroatoms. The van der Waals surface area contributed by atoms with E-state index in [1.165, 1.54) is 18.4 Å². The maximum atomic E-state index is 12.1. The van der Waals surface area contributed by atoms with E-state index in [1.807, 2.05) is 48.5 Å². The second-order valence-corrected chi connectivity index (χ2v) is 7.17. The second kappa shape index (κ2) is 7.70. The van der Waals surface area contributed by atoms with Crippen LogP contribution in [0.2, 0.25) is 0 Å². The van der Waals surface area contributed by atoms with Crippen molar-refractivity contribution in [3.63, 3.8) is 0 Å². The van der Waals surface area contributed by atoms with E-state index < -0.39 is 6.09 Å². The van der Waals surface area contributed by atoms with Gasteiger partial charge in [-0.2, -0.15) is 0 Å². The molecule has 1 amide bonds. The van der Waals surface area contributed by atoms with E-state index >= 15 is 0 Å². The minimum atomic E-state index is -0.472. The molecule has 1 fully saturated rings. The molecule has 132 valence electrons. The first-order valence-electron chi connectivity index (χ1n) is 8.91. The molecule has 3 rings (SSSR count). The summed E-state index contributed by atoms with van der Waals surface area (Å²) in [4.78, 5) is 12.1. The molecule has 1 aliphatic rings. The zero-order valence-electron chi connectivity index (χ0n) is 14.9.